The van der Waals surface area contributed by atoms with Crippen LogP contribution in [0.2, 0.25) is 5.15 Å². The first kappa shape index (κ1) is 13.1. The number of hydrogen-bond acceptors (Lipinski definition) is 2. The summed E-state index contributed by atoms with van der Waals surface area (Å²) in [5.41, 5.74) is 7.68. The number of primary amides is 1. The number of carbonyl (C=O) groups excluding carboxylic acids is 1. The highest BCUT2D eigenvalue weighted by Crippen LogP contribution is 2.41. The van der Waals surface area contributed by atoms with Crippen LogP contribution in [0.1, 0.15) is 34.8 Å². The summed E-state index contributed by atoms with van der Waals surface area (Å²) in [6.07, 6.45) is 2.19. The van der Waals surface area contributed by atoms with Gasteiger partial charge in [0.2, 0.25) is 5.91 Å². The number of carbonyl (C=O) groups is 1. The molecule has 3 nitrogen and oxygen atoms in total. The molecule has 20 heavy (non-hydrogen) atoms. The Morgan fingerprint density at radius 1 is 1.30 bits per heavy atom. The summed E-state index contributed by atoms with van der Waals surface area (Å²) >= 11 is 6.03. The van der Waals surface area contributed by atoms with Gasteiger partial charge in [0.15, 0.2) is 0 Å². The van der Waals surface area contributed by atoms with Crippen molar-refractivity contribution in [3.05, 3.63) is 52.6 Å². The molecule has 1 aliphatic carbocycles. The zero-order chi connectivity index (χ0) is 14.3. The fourth-order valence-electron chi connectivity index (χ4n) is 2.23. The lowest BCUT2D eigenvalue weighted by Gasteiger charge is -2.09. The van der Waals surface area contributed by atoms with Gasteiger partial charge in [0.25, 0.3) is 0 Å². The van der Waals surface area contributed by atoms with Gasteiger partial charge in [0.05, 0.1) is 0 Å². The minimum absolute atomic E-state index is 0.147. The Morgan fingerprint density at radius 2 is 2.05 bits per heavy atom. The van der Waals surface area contributed by atoms with Crippen LogP contribution < -0.4 is 5.73 Å². The molecule has 0 atom stereocenters. The van der Waals surface area contributed by atoms with Crippen molar-refractivity contribution in [1.82, 2.24) is 4.98 Å². The van der Waals surface area contributed by atoms with E-state index < -0.39 is 11.7 Å². The molecular weight excluding hydrogens is 279 g/mol. The minimum atomic E-state index is -0.666. The van der Waals surface area contributed by atoms with Crippen LogP contribution in [0.5, 0.6) is 0 Å². The van der Waals surface area contributed by atoms with Gasteiger partial charge in [0, 0.05) is 17.2 Å². The second kappa shape index (κ2) is 4.87. The summed E-state index contributed by atoms with van der Waals surface area (Å²) in [7, 11) is 0. The molecular formula is C15H12ClFN2O. The van der Waals surface area contributed by atoms with Crippen LogP contribution >= 0.6 is 11.6 Å². The lowest BCUT2D eigenvalue weighted by atomic mass is 9.99. The number of benzene rings is 1. The van der Waals surface area contributed by atoms with E-state index in [1.807, 2.05) is 6.07 Å². The first-order valence-corrected chi connectivity index (χ1v) is 6.69. The van der Waals surface area contributed by atoms with Crippen LogP contribution in [0.15, 0.2) is 30.3 Å². The largest absolute Gasteiger partial charge is 0.366 e. The SMILES string of the molecule is NC(=O)c1cc(F)ccc1-c1cc(Cl)nc(C2CC2)c1. The van der Waals surface area contributed by atoms with Gasteiger partial charge in [-0.3, -0.25) is 4.79 Å². The fraction of sp³-hybridized carbons (Fsp3) is 0.200. The maximum Gasteiger partial charge on any atom is 0.249 e. The summed E-state index contributed by atoms with van der Waals surface area (Å²) in [6.45, 7) is 0. The Morgan fingerprint density at radius 3 is 2.70 bits per heavy atom. The Balaban J connectivity index is 2.15. The second-order valence-corrected chi connectivity index (χ2v) is 5.32. The molecule has 1 heterocycles. The van der Waals surface area contributed by atoms with E-state index >= 15 is 0 Å². The average Bonchev–Trinajstić information content (AvgIpc) is 3.22. The topological polar surface area (TPSA) is 56.0 Å². The standard InChI is InChI=1S/C15H12ClFN2O/c16-14-6-9(5-13(19-14)8-1-2-8)11-4-3-10(17)7-12(11)15(18)20/h3-8H,1-2H2,(H2,18,20). The smallest absolute Gasteiger partial charge is 0.249 e. The molecule has 0 unspecified atom stereocenters. The van der Waals surface area contributed by atoms with Crippen LogP contribution in [0.4, 0.5) is 4.39 Å². The van der Waals surface area contributed by atoms with Gasteiger partial charge in [-0.25, -0.2) is 9.37 Å². The maximum atomic E-state index is 13.3. The molecule has 1 aromatic carbocycles. The van der Waals surface area contributed by atoms with E-state index in [4.69, 9.17) is 17.3 Å². The Bertz CT molecular complexity index is 698. The molecule has 1 aromatic heterocycles. The molecule has 0 aliphatic heterocycles. The Hall–Kier alpha value is -1.94. The maximum absolute atomic E-state index is 13.3. The number of amides is 1. The molecule has 0 bridgehead atoms. The molecule has 0 radical (unpaired) electrons. The Labute approximate surface area is 120 Å². The van der Waals surface area contributed by atoms with Crippen molar-refractivity contribution in [2.75, 3.05) is 0 Å². The van der Waals surface area contributed by atoms with Crippen molar-refractivity contribution < 1.29 is 9.18 Å². The fourth-order valence-corrected chi connectivity index (χ4v) is 2.45. The van der Waals surface area contributed by atoms with Crippen molar-refractivity contribution in [3.8, 4) is 11.1 Å². The number of nitrogens with zero attached hydrogens (tertiary/aromatic N) is 1. The highest BCUT2D eigenvalue weighted by atomic mass is 35.5. The van der Waals surface area contributed by atoms with Gasteiger partial charge in [-0.1, -0.05) is 17.7 Å². The van der Waals surface area contributed by atoms with E-state index in [1.165, 1.54) is 12.1 Å². The van der Waals surface area contributed by atoms with Crippen LogP contribution in [0.25, 0.3) is 11.1 Å². The third-order valence-electron chi connectivity index (χ3n) is 3.37. The van der Waals surface area contributed by atoms with Crippen molar-refractivity contribution in [3.63, 3.8) is 0 Å². The molecule has 0 spiro atoms. The predicted molar refractivity (Wildman–Crippen MR) is 75.1 cm³/mol. The molecule has 1 saturated carbocycles. The number of pyridine rings is 1. The molecule has 1 fully saturated rings. The van der Waals surface area contributed by atoms with E-state index in [1.54, 1.807) is 6.07 Å². The average molecular weight is 291 g/mol. The van der Waals surface area contributed by atoms with Crippen molar-refractivity contribution >= 4 is 17.5 Å². The van der Waals surface area contributed by atoms with E-state index in [0.29, 0.717) is 16.6 Å². The van der Waals surface area contributed by atoms with E-state index in [-0.39, 0.29) is 5.56 Å². The lowest BCUT2D eigenvalue weighted by Crippen LogP contribution is -2.12. The normalized spacial score (nSPS) is 14.3. The van der Waals surface area contributed by atoms with Crippen LogP contribution in [0, 0.1) is 5.82 Å². The number of nitrogens with two attached hydrogens (primary N) is 1. The molecule has 2 N–H and O–H groups in total. The van der Waals surface area contributed by atoms with Gasteiger partial charge in [-0.05, 0) is 48.2 Å². The molecule has 1 aliphatic rings. The minimum Gasteiger partial charge on any atom is -0.366 e. The number of aromatic nitrogens is 1. The third kappa shape index (κ3) is 2.51. The summed E-state index contributed by atoms with van der Waals surface area (Å²) < 4.78 is 13.3. The number of halogens is 2. The zero-order valence-electron chi connectivity index (χ0n) is 10.6. The molecule has 1 amide bonds. The van der Waals surface area contributed by atoms with Gasteiger partial charge in [0.1, 0.15) is 11.0 Å². The molecule has 102 valence electrons. The van der Waals surface area contributed by atoms with Crippen LogP contribution in [0.3, 0.4) is 0 Å². The molecule has 2 aromatic rings. The van der Waals surface area contributed by atoms with Gasteiger partial charge in [-0.15, -0.1) is 0 Å². The van der Waals surface area contributed by atoms with Crippen molar-refractivity contribution in [2.24, 2.45) is 5.73 Å². The molecule has 5 heteroatoms. The van der Waals surface area contributed by atoms with Gasteiger partial charge >= 0.3 is 0 Å². The third-order valence-corrected chi connectivity index (χ3v) is 3.56. The monoisotopic (exact) mass is 290 g/mol. The second-order valence-electron chi connectivity index (χ2n) is 4.93. The van der Waals surface area contributed by atoms with Crippen LogP contribution in [-0.2, 0) is 0 Å². The van der Waals surface area contributed by atoms with E-state index in [9.17, 15) is 9.18 Å². The van der Waals surface area contributed by atoms with Crippen LogP contribution in [-0.4, -0.2) is 10.9 Å². The Kier molecular flexibility index (Phi) is 3.18. The highest BCUT2D eigenvalue weighted by molar-refractivity contribution is 6.29. The zero-order valence-corrected chi connectivity index (χ0v) is 11.3. The summed E-state index contributed by atoms with van der Waals surface area (Å²) in [5, 5.41) is 0.365. The number of rotatable bonds is 3. The molecule has 0 saturated heterocycles. The quantitative estimate of drug-likeness (QED) is 0.879. The van der Waals surface area contributed by atoms with Crippen molar-refractivity contribution in [2.45, 2.75) is 18.8 Å². The highest BCUT2D eigenvalue weighted by Gasteiger charge is 2.26. The van der Waals surface area contributed by atoms with Gasteiger partial charge < -0.3 is 5.73 Å². The lowest BCUT2D eigenvalue weighted by molar-refractivity contribution is 0.100. The summed E-state index contributed by atoms with van der Waals surface area (Å²) in [6, 6.07) is 7.53. The van der Waals surface area contributed by atoms with Gasteiger partial charge in [-0.2, -0.15) is 0 Å². The summed E-state index contributed by atoms with van der Waals surface area (Å²) in [4.78, 5) is 15.8. The van der Waals surface area contributed by atoms with Crippen molar-refractivity contribution in [1.29, 1.82) is 0 Å². The first-order chi connectivity index (χ1) is 9.54. The van der Waals surface area contributed by atoms with E-state index in [2.05, 4.69) is 4.98 Å². The predicted octanol–water partition coefficient (Wildman–Crippen LogP) is 3.52. The summed E-state index contributed by atoms with van der Waals surface area (Å²) in [5.74, 6) is -0.726. The number of hydrogen-bond donors (Lipinski definition) is 1. The first-order valence-electron chi connectivity index (χ1n) is 6.32. The van der Waals surface area contributed by atoms with E-state index in [0.717, 1.165) is 30.2 Å². The molecule has 3 rings (SSSR count).